The van der Waals surface area contributed by atoms with E-state index in [4.69, 9.17) is 26.6 Å². The second-order valence-corrected chi connectivity index (χ2v) is 26.4. The highest BCUT2D eigenvalue weighted by Gasteiger charge is 2.48. The first kappa shape index (κ1) is 36.1. The molecule has 0 aromatic heterocycles. The smallest absolute Gasteiger partial charge is 0.373 e. The average molecular weight is 589 g/mol. The van der Waals surface area contributed by atoms with Crippen LogP contribution >= 0.6 is 22.4 Å². The average Bonchev–Trinajstić information content (AvgIpc) is 2.90. The molecule has 0 rings (SSSR count). The highest BCUT2D eigenvalue weighted by atomic mass is 32.6. The molecule has 0 fully saturated rings. The van der Waals surface area contributed by atoms with Gasteiger partial charge >= 0.3 is 17.6 Å². The predicted octanol–water partition coefficient (Wildman–Crippen LogP) is 7.45. The van der Waals surface area contributed by atoms with Crippen LogP contribution in [0.25, 0.3) is 0 Å². The maximum absolute atomic E-state index is 6.39. The monoisotopic (exact) mass is 588 g/mol. The normalized spacial score (nSPS) is 13.0. The van der Waals surface area contributed by atoms with E-state index >= 15 is 0 Å². The largest absolute Gasteiger partial charge is 0.510 e. The topological polar surface area (TPSA) is 55.4 Å². The van der Waals surface area contributed by atoms with Gasteiger partial charge in [0.05, 0.1) is 10.8 Å². The van der Waals surface area contributed by atoms with Gasteiger partial charge in [0.1, 0.15) is 0 Å². The Bertz CT molecular complexity index is 409. The Morgan fingerprint density at radius 3 is 0.800 bits per heavy atom. The first-order valence-corrected chi connectivity index (χ1v) is 23.7. The van der Waals surface area contributed by atoms with Gasteiger partial charge in [-0.05, 0) is 50.6 Å². The van der Waals surface area contributed by atoms with Crippen LogP contribution in [0, 0.1) is 0 Å². The van der Waals surface area contributed by atoms with Crippen molar-refractivity contribution < 1.29 is 26.6 Å². The molecule has 0 saturated carbocycles. The fourth-order valence-corrected chi connectivity index (χ4v) is 28.2. The molecule has 0 aliphatic rings. The van der Waals surface area contributed by atoms with Crippen LogP contribution in [0.1, 0.15) is 93.9 Å². The molecule has 0 saturated heterocycles. The molecule has 0 atom stereocenters. The van der Waals surface area contributed by atoms with Crippen LogP contribution in [-0.4, -0.2) is 74.4 Å². The summed E-state index contributed by atoms with van der Waals surface area (Å²) in [6.45, 7) is 21.7. The van der Waals surface area contributed by atoms with Gasteiger partial charge < -0.3 is 26.6 Å². The minimum atomic E-state index is -2.74. The van der Waals surface area contributed by atoms with E-state index in [-0.39, 0.29) is 0 Å². The Morgan fingerprint density at radius 1 is 0.400 bits per heavy atom. The minimum absolute atomic E-state index is 0.691. The molecular formula is C24H56O6S2Si3. The van der Waals surface area contributed by atoms with Crippen LogP contribution in [-0.2, 0) is 26.6 Å². The van der Waals surface area contributed by atoms with Gasteiger partial charge in [0.25, 0.3) is 0 Å². The highest BCUT2D eigenvalue weighted by Crippen LogP contribution is 2.42. The van der Waals surface area contributed by atoms with Crippen molar-refractivity contribution in [2.24, 2.45) is 0 Å². The maximum Gasteiger partial charge on any atom is 0.510 e. The van der Waals surface area contributed by atoms with Gasteiger partial charge in [0, 0.05) is 39.6 Å². The van der Waals surface area contributed by atoms with Crippen LogP contribution in [0.15, 0.2) is 0 Å². The van der Waals surface area contributed by atoms with E-state index in [1.807, 2.05) is 0 Å². The summed E-state index contributed by atoms with van der Waals surface area (Å²) in [5.41, 5.74) is 0. The fourth-order valence-electron chi connectivity index (χ4n) is 3.19. The lowest BCUT2D eigenvalue weighted by molar-refractivity contribution is 0.0643. The van der Waals surface area contributed by atoms with Gasteiger partial charge in [-0.2, -0.15) is 22.4 Å². The zero-order chi connectivity index (χ0) is 26.5. The lowest BCUT2D eigenvalue weighted by Crippen LogP contribution is -2.52. The molecular weight excluding hydrogens is 533 g/mol. The summed E-state index contributed by atoms with van der Waals surface area (Å²) in [5, 5.41) is 1.65. The van der Waals surface area contributed by atoms with Crippen LogP contribution in [0.4, 0.5) is 0 Å². The van der Waals surface area contributed by atoms with E-state index in [1.54, 1.807) is 0 Å². The molecule has 0 aliphatic carbocycles. The molecule has 35 heavy (non-hydrogen) atoms. The van der Waals surface area contributed by atoms with Crippen molar-refractivity contribution in [3.8, 4) is 0 Å². The predicted molar refractivity (Wildman–Crippen MR) is 161 cm³/mol. The lowest BCUT2D eigenvalue weighted by atomic mass is 10.5. The molecule has 0 bridgehead atoms. The quantitative estimate of drug-likeness (QED) is 0.0966. The van der Waals surface area contributed by atoms with E-state index < -0.39 is 24.0 Å². The summed E-state index contributed by atoms with van der Waals surface area (Å²) in [7, 11) is -5.47. The molecule has 0 unspecified atom stereocenters. The van der Waals surface area contributed by atoms with Crippen molar-refractivity contribution in [1.82, 2.24) is 0 Å². The second kappa shape index (κ2) is 22.0. The molecule has 0 radical (unpaired) electrons. The summed E-state index contributed by atoms with van der Waals surface area (Å²) >= 11 is 4.17. The van der Waals surface area contributed by atoms with Crippen molar-refractivity contribution in [3.05, 3.63) is 0 Å². The number of hydrogen-bond donors (Lipinski definition) is 0. The molecule has 0 N–H and O–H groups in total. The SMILES string of the molecule is CCCO[Si](CS[Si](CC)(CC)SC[Si](OCCC)(OCCC)OCCC)(OCCC)OCCC. The number of rotatable bonds is 26. The standard InChI is InChI=1S/C24H56O6S2Si3/c1-9-17-25-34(26-18-10-2,27-19-11-3)23-31-33(15-7,16-8)32-24-35(28-20-12-4,29-21-13-5)30-22-14-6/h9-24H2,1-8H3. The maximum atomic E-state index is 6.39. The Kier molecular flexibility index (Phi) is 22.7. The van der Waals surface area contributed by atoms with Crippen molar-refractivity contribution in [2.75, 3.05) is 50.4 Å². The van der Waals surface area contributed by atoms with Crippen LogP contribution in [0.2, 0.25) is 12.1 Å². The van der Waals surface area contributed by atoms with Crippen molar-refractivity contribution in [2.45, 2.75) is 106 Å². The second-order valence-electron chi connectivity index (χ2n) is 8.65. The third kappa shape index (κ3) is 14.7. The Morgan fingerprint density at radius 2 is 0.629 bits per heavy atom. The Hall–Kier alpha value is 1.11. The summed E-state index contributed by atoms with van der Waals surface area (Å²) in [6, 6.07) is 2.33. The summed E-state index contributed by atoms with van der Waals surface area (Å²) in [6.07, 6.45) is 4.03. The van der Waals surface area contributed by atoms with Gasteiger partial charge in [-0.25, -0.2) is 0 Å². The van der Waals surface area contributed by atoms with E-state index in [0.717, 1.165) is 49.3 Å². The molecule has 11 heteroatoms. The molecule has 0 aromatic rings. The van der Waals surface area contributed by atoms with Crippen LogP contribution < -0.4 is 0 Å². The lowest BCUT2D eigenvalue weighted by Gasteiger charge is -2.36. The third-order valence-corrected chi connectivity index (χ3v) is 27.7. The highest BCUT2D eigenvalue weighted by molar-refractivity contribution is 8.58. The first-order valence-electron chi connectivity index (χ1n) is 14.0. The fraction of sp³-hybridized carbons (Fsp3) is 1.00. The minimum Gasteiger partial charge on any atom is -0.373 e. The molecule has 0 heterocycles. The summed E-state index contributed by atoms with van der Waals surface area (Å²) in [5.74, 6) is 0. The molecule has 0 amide bonds. The molecule has 0 spiro atoms. The van der Waals surface area contributed by atoms with Gasteiger partial charge in [0.2, 0.25) is 0 Å². The van der Waals surface area contributed by atoms with E-state index in [0.29, 0.717) is 39.6 Å². The Labute approximate surface area is 228 Å². The molecule has 6 nitrogen and oxygen atoms in total. The van der Waals surface area contributed by atoms with E-state index in [2.05, 4.69) is 77.8 Å². The summed E-state index contributed by atoms with van der Waals surface area (Å²) in [4.78, 5) is 0. The van der Waals surface area contributed by atoms with E-state index in [1.165, 1.54) is 12.1 Å². The van der Waals surface area contributed by atoms with Gasteiger partial charge in [0.15, 0.2) is 6.37 Å². The zero-order valence-corrected chi connectivity index (χ0v) is 28.7. The van der Waals surface area contributed by atoms with Crippen LogP contribution in [0.5, 0.6) is 0 Å². The van der Waals surface area contributed by atoms with Crippen LogP contribution in [0.3, 0.4) is 0 Å². The molecule has 0 aromatic carbocycles. The molecule has 0 aliphatic heterocycles. The first-order chi connectivity index (χ1) is 16.9. The van der Waals surface area contributed by atoms with Gasteiger partial charge in [-0.3, -0.25) is 0 Å². The molecule has 212 valence electrons. The van der Waals surface area contributed by atoms with E-state index in [9.17, 15) is 0 Å². The Balaban J connectivity index is 5.70. The third-order valence-electron chi connectivity index (χ3n) is 5.26. The summed E-state index contributed by atoms with van der Waals surface area (Å²) < 4.78 is 38.4. The van der Waals surface area contributed by atoms with Crippen molar-refractivity contribution in [3.63, 3.8) is 0 Å². The van der Waals surface area contributed by atoms with Crippen molar-refractivity contribution >= 4 is 46.4 Å². The van der Waals surface area contributed by atoms with Crippen molar-refractivity contribution in [1.29, 1.82) is 0 Å². The van der Waals surface area contributed by atoms with Gasteiger partial charge in [-0.1, -0.05) is 55.4 Å². The van der Waals surface area contributed by atoms with Gasteiger partial charge in [-0.15, -0.1) is 0 Å². The number of hydrogen-bond acceptors (Lipinski definition) is 8. The zero-order valence-electron chi connectivity index (χ0n) is 24.1.